The SMILES string of the molecule is Cc1cc(NCc2cc(Br)c3c(c2)OCCO3)ccc1O. The molecule has 0 bridgehead atoms. The molecule has 2 aromatic carbocycles. The predicted octanol–water partition coefficient (Wildman–Crippen LogP) is 3.85. The number of phenols is 1. The number of benzene rings is 2. The van der Waals surface area contributed by atoms with Gasteiger partial charge in [0.15, 0.2) is 11.5 Å². The Kier molecular flexibility index (Phi) is 3.92. The van der Waals surface area contributed by atoms with Crippen LogP contribution in [0.5, 0.6) is 17.2 Å². The minimum atomic E-state index is 0.308. The first-order valence-corrected chi connectivity index (χ1v) is 7.54. The van der Waals surface area contributed by atoms with Gasteiger partial charge < -0.3 is 19.9 Å². The standard InChI is InChI=1S/C16H16BrNO3/c1-10-6-12(2-3-14(10)19)18-9-11-7-13(17)16-15(8-11)20-4-5-21-16/h2-3,6-8,18-19H,4-5,9H2,1H3. The Bertz CT molecular complexity index is 673. The Balaban J connectivity index is 1.76. The van der Waals surface area contributed by atoms with Gasteiger partial charge in [-0.2, -0.15) is 0 Å². The van der Waals surface area contributed by atoms with E-state index in [9.17, 15) is 5.11 Å². The van der Waals surface area contributed by atoms with E-state index in [-0.39, 0.29) is 0 Å². The lowest BCUT2D eigenvalue weighted by Gasteiger charge is -2.20. The summed E-state index contributed by atoms with van der Waals surface area (Å²) in [6, 6.07) is 9.47. The van der Waals surface area contributed by atoms with Gasteiger partial charge in [-0.3, -0.25) is 0 Å². The highest BCUT2D eigenvalue weighted by Gasteiger charge is 2.16. The zero-order valence-corrected chi connectivity index (χ0v) is 13.2. The fourth-order valence-corrected chi connectivity index (χ4v) is 2.84. The molecule has 0 saturated heterocycles. The van der Waals surface area contributed by atoms with Gasteiger partial charge in [0.25, 0.3) is 0 Å². The van der Waals surface area contributed by atoms with Crippen molar-refractivity contribution in [1.29, 1.82) is 0 Å². The monoisotopic (exact) mass is 349 g/mol. The summed E-state index contributed by atoms with van der Waals surface area (Å²) < 4.78 is 12.1. The number of nitrogens with one attached hydrogen (secondary N) is 1. The summed E-state index contributed by atoms with van der Waals surface area (Å²) in [7, 11) is 0. The second-order valence-electron chi connectivity index (χ2n) is 4.96. The van der Waals surface area contributed by atoms with Crippen molar-refractivity contribution in [1.82, 2.24) is 0 Å². The number of ether oxygens (including phenoxy) is 2. The number of rotatable bonds is 3. The van der Waals surface area contributed by atoms with Crippen LogP contribution in [-0.4, -0.2) is 18.3 Å². The zero-order chi connectivity index (χ0) is 14.8. The second kappa shape index (κ2) is 5.85. The fourth-order valence-electron chi connectivity index (χ4n) is 2.24. The molecule has 5 heteroatoms. The van der Waals surface area contributed by atoms with E-state index in [4.69, 9.17) is 9.47 Å². The van der Waals surface area contributed by atoms with Crippen LogP contribution in [-0.2, 0) is 6.54 Å². The van der Waals surface area contributed by atoms with Crippen molar-refractivity contribution in [3.63, 3.8) is 0 Å². The largest absolute Gasteiger partial charge is 0.508 e. The number of hydrogen-bond donors (Lipinski definition) is 2. The van der Waals surface area contributed by atoms with Crippen molar-refractivity contribution >= 4 is 21.6 Å². The van der Waals surface area contributed by atoms with Crippen LogP contribution in [0.15, 0.2) is 34.8 Å². The number of phenolic OH excluding ortho intramolecular Hbond substituents is 1. The van der Waals surface area contributed by atoms with Gasteiger partial charge in [-0.25, -0.2) is 0 Å². The molecule has 0 fully saturated rings. The minimum Gasteiger partial charge on any atom is -0.508 e. The van der Waals surface area contributed by atoms with E-state index < -0.39 is 0 Å². The van der Waals surface area contributed by atoms with Crippen molar-refractivity contribution < 1.29 is 14.6 Å². The number of anilines is 1. The van der Waals surface area contributed by atoms with Crippen LogP contribution in [0.3, 0.4) is 0 Å². The van der Waals surface area contributed by atoms with E-state index in [1.807, 2.05) is 31.2 Å². The van der Waals surface area contributed by atoms with Gasteiger partial charge in [0.2, 0.25) is 0 Å². The summed E-state index contributed by atoms with van der Waals surface area (Å²) in [4.78, 5) is 0. The lowest BCUT2D eigenvalue weighted by atomic mass is 10.1. The van der Waals surface area contributed by atoms with Crippen LogP contribution in [0.25, 0.3) is 0 Å². The minimum absolute atomic E-state index is 0.308. The maximum atomic E-state index is 9.53. The molecule has 0 atom stereocenters. The van der Waals surface area contributed by atoms with Crippen LogP contribution in [0.1, 0.15) is 11.1 Å². The number of hydrogen-bond acceptors (Lipinski definition) is 4. The van der Waals surface area contributed by atoms with Crippen molar-refractivity contribution in [3.8, 4) is 17.2 Å². The van der Waals surface area contributed by atoms with E-state index in [0.29, 0.717) is 25.5 Å². The molecule has 0 amide bonds. The molecule has 0 spiro atoms. The van der Waals surface area contributed by atoms with E-state index >= 15 is 0 Å². The number of aromatic hydroxyl groups is 1. The fraction of sp³-hybridized carbons (Fsp3) is 0.250. The highest BCUT2D eigenvalue weighted by Crippen LogP contribution is 2.38. The smallest absolute Gasteiger partial charge is 0.175 e. The maximum Gasteiger partial charge on any atom is 0.175 e. The lowest BCUT2D eigenvalue weighted by molar-refractivity contribution is 0.170. The summed E-state index contributed by atoms with van der Waals surface area (Å²) in [5.41, 5.74) is 2.91. The zero-order valence-electron chi connectivity index (χ0n) is 11.6. The lowest BCUT2D eigenvalue weighted by Crippen LogP contribution is -2.16. The normalized spacial score (nSPS) is 13.0. The molecule has 2 aromatic rings. The summed E-state index contributed by atoms with van der Waals surface area (Å²) >= 11 is 3.51. The number of aryl methyl sites for hydroxylation is 1. The van der Waals surface area contributed by atoms with Crippen molar-refractivity contribution in [2.24, 2.45) is 0 Å². The molecular weight excluding hydrogens is 334 g/mol. The quantitative estimate of drug-likeness (QED) is 0.826. The van der Waals surface area contributed by atoms with E-state index in [1.165, 1.54) is 0 Å². The van der Waals surface area contributed by atoms with Gasteiger partial charge in [0, 0.05) is 12.2 Å². The molecule has 0 radical (unpaired) electrons. The highest BCUT2D eigenvalue weighted by atomic mass is 79.9. The molecule has 2 N–H and O–H groups in total. The molecule has 0 aromatic heterocycles. The van der Waals surface area contributed by atoms with Gasteiger partial charge in [0.1, 0.15) is 19.0 Å². The van der Waals surface area contributed by atoms with Gasteiger partial charge in [-0.1, -0.05) is 0 Å². The first-order chi connectivity index (χ1) is 10.1. The highest BCUT2D eigenvalue weighted by molar-refractivity contribution is 9.10. The predicted molar refractivity (Wildman–Crippen MR) is 85.3 cm³/mol. The van der Waals surface area contributed by atoms with Gasteiger partial charge in [-0.15, -0.1) is 0 Å². The van der Waals surface area contributed by atoms with Crippen LogP contribution >= 0.6 is 15.9 Å². The summed E-state index contributed by atoms with van der Waals surface area (Å²) in [5, 5.41) is 12.9. The molecule has 3 rings (SSSR count). The van der Waals surface area contributed by atoms with E-state index in [2.05, 4.69) is 21.2 Å². The van der Waals surface area contributed by atoms with Crippen LogP contribution < -0.4 is 14.8 Å². The third-order valence-electron chi connectivity index (χ3n) is 3.35. The first-order valence-electron chi connectivity index (χ1n) is 6.75. The summed E-state index contributed by atoms with van der Waals surface area (Å²) in [6.07, 6.45) is 0. The summed E-state index contributed by atoms with van der Waals surface area (Å²) in [6.45, 7) is 3.70. The average Bonchev–Trinajstić information content (AvgIpc) is 2.49. The van der Waals surface area contributed by atoms with Crippen molar-refractivity contribution in [2.75, 3.05) is 18.5 Å². The van der Waals surface area contributed by atoms with Gasteiger partial charge in [-0.05, 0) is 64.3 Å². The second-order valence-corrected chi connectivity index (χ2v) is 5.81. The summed E-state index contributed by atoms with van der Waals surface area (Å²) in [5.74, 6) is 1.85. The first kappa shape index (κ1) is 14.1. The average molecular weight is 350 g/mol. The third-order valence-corrected chi connectivity index (χ3v) is 3.94. The van der Waals surface area contributed by atoms with Crippen LogP contribution in [0, 0.1) is 6.92 Å². The van der Waals surface area contributed by atoms with Gasteiger partial charge in [0.05, 0.1) is 4.47 Å². The molecule has 0 aliphatic carbocycles. The van der Waals surface area contributed by atoms with Crippen molar-refractivity contribution in [3.05, 3.63) is 45.9 Å². The Morgan fingerprint density at radius 1 is 1.19 bits per heavy atom. The molecule has 4 nitrogen and oxygen atoms in total. The van der Waals surface area contributed by atoms with E-state index in [1.54, 1.807) is 6.07 Å². The Hall–Kier alpha value is -1.88. The Labute approximate surface area is 131 Å². The molecule has 0 saturated carbocycles. The molecular formula is C16H16BrNO3. The Morgan fingerprint density at radius 3 is 2.81 bits per heavy atom. The Morgan fingerprint density at radius 2 is 2.00 bits per heavy atom. The van der Waals surface area contributed by atoms with Crippen LogP contribution in [0.2, 0.25) is 0 Å². The molecule has 110 valence electrons. The number of halogens is 1. The maximum absolute atomic E-state index is 9.53. The van der Waals surface area contributed by atoms with Crippen molar-refractivity contribution in [2.45, 2.75) is 13.5 Å². The molecule has 1 heterocycles. The van der Waals surface area contributed by atoms with Crippen LogP contribution in [0.4, 0.5) is 5.69 Å². The third kappa shape index (κ3) is 3.08. The number of fused-ring (bicyclic) bond motifs is 1. The molecule has 1 aliphatic heterocycles. The topological polar surface area (TPSA) is 50.7 Å². The molecule has 0 unspecified atom stereocenters. The molecule has 21 heavy (non-hydrogen) atoms. The van der Waals surface area contributed by atoms with E-state index in [0.717, 1.165) is 32.8 Å². The van der Waals surface area contributed by atoms with Gasteiger partial charge >= 0.3 is 0 Å². The molecule has 1 aliphatic rings.